The van der Waals surface area contributed by atoms with Crippen molar-refractivity contribution in [2.24, 2.45) is 5.84 Å². The van der Waals surface area contributed by atoms with Crippen LogP contribution in [-0.4, -0.2) is 61.1 Å². The first-order valence-electron chi connectivity index (χ1n) is 10.5. The average Bonchev–Trinajstić information content (AvgIpc) is 3.15. The van der Waals surface area contributed by atoms with Crippen molar-refractivity contribution in [2.75, 3.05) is 40.0 Å². The molecule has 4 rings (SSSR count). The van der Waals surface area contributed by atoms with Crippen LogP contribution < -0.4 is 5.84 Å². The van der Waals surface area contributed by atoms with Crippen LogP contribution in [0.5, 0.6) is 0 Å². The van der Waals surface area contributed by atoms with E-state index in [0.29, 0.717) is 0 Å². The van der Waals surface area contributed by atoms with Gasteiger partial charge in [0.2, 0.25) is 0 Å². The van der Waals surface area contributed by atoms with Gasteiger partial charge >= 0.3 is 0 Å². The number of ether oxygens (including phenoxy) is 2. The molecule has 2 spiro atoms. The fraction of sp³-hybridized carbons (Fsp3) is 1.00. The predicted molar refractivity (Wildman–Crippen MR) is 103 cm³/mol. The molecule has 4 aliphatic rings. The highest BCUT2D eigenvalue weighted by atomic mass is 16.5. The summed E-state index contributed by atoms with van der Waals surface area (Å²) >= 11 is 0. The summed E-state index contributed by atoms with van der Waals surface area (Å²) in [6.45, 7) is 9.27. The van der Waals surface area contributed by atoms with Gasteiger partial charge in [0.05, 0.1) is 12.1 Å². The molecule has 4 saturated heterocycles. The Morgan fingerprint density at radius 3 is 2.04 bits per heavy atom. The summed E-state index contributed by atoms with van der Waals surface area (Å²) in [5, 5.41) is 1.99. The number of likely N-dealkylation sites (tertiary alicyclic amines) is 1. The van der Waals surface area contributed by atoms with Crippen molar-refractivity contribution in [1.29, 1.82) is 0 Å². The lowest BCUT2D eigenvalue weighted by Gasteiger charge is -2.39. The van der Waals surface area contributed by atoms with E-state index in [2.05, 4.69) is 25.8 Å². The average molecular weight is 356 g/mol. The van der Waals surface area contributed by atoms with Gasteiger partial charge in [-0.15, -0.1) is 0 Å². The molecule has 2 N–H and O–H groups in total. The number of nitrogens with zero attached hydrogens (tertiary/aromatic N) is 2. The summed E-state index contributed by atoms with van der Waals surface area (Å²) in [6, 6.07) is 0. The van der Waals surface area contributed by atoms with Gasteiger partial charge in [-0.3, -0.25) is 10.7 Å². The molecule has 0 aliphatic carbocycles. The van der Waals surface area contributed by atoms with Crippen LogP contribution in [0.2, 0.25) is 0 Å². The highest BCUT2D eigenvalue weighted by molar-refractivity contribution is 4.94. The van der Waals surface area contributed by atoms with Crippen molar-refractivity contribution in [3.05, 3.63) is 0 Å². The van der Waals surface area contributed by atoms with Crippen molar-refractivity contribution in [3.8, 4) is 0 Å². The zero-order chi connectivity index (χ0) is 18.2. The Kier molecular flexibility index (Phi) is 8.62. The van der Waals surface area contributed by atoms with Gasteiger partial charge in [-0.05, 0) is 64.8 Å². The second-order valence-corrected chi connectivity index (χ2v) is 8.16. The molecule has 4 fully saturated rings. The maximum Gasteiger partial charge on any atom is 0.121 e. The van der Waals surface area contributed by atoms with Crippen LogP contribution in [0.4, 0.5) is 0 Å². The van der Waals surface area contributed by atoms with E-state index < -0.39 is 0 Å². The first-order chi connectivity index (χ1) is 12.1. The Bertz CT molecular complexity index is 332. The van der Waals surface area contributed by atoms with E-state index in [4.69, 9.17) is 15.3 Å². The maximum absolute atomic E-state index is 5.90. The Morgan fingerprint density at radius 1 is 0.880 bits per heavy atom. The molecule has 4 aliphatic heterocycles. The molecule has 4 heterocycles. The second kappa shape index (κ2) is 10.2. The minimum atomic E-state index is 0.165. The Labute approximate surface area is 155 Å². The van der Waals surface area contributed by atoms with Gasteiger partial charge < -0.3 is 9.47 Å². The van der Waals surface area contributed by atoms with Crippen molar-refractivity contribution in [2.45, 2.75) is 89.3 Å². The number of hydrogen-bond donors (Lipinski definition) is 1. The highest BCUT2D eigenvalue weighted by Gasteiger charge is 2.41. The topological polar surface area (TPSA) is 51.0 Å². The third-order valence-corrected chi connectivity index (χ3v) is 6.04. The van der Waals surface area contributed by atoms with Crippen LogP contribution in [0.25, 0.3) is 0 Å². The van der Waals surface area contributed by atoms with Crippen LogP contribution in [0.1, 0.15) is 78.1 Å². The molecule has 0 radical (unpaired) electrons. The predicted octanol–water partition coefficient (Wildman–Crippen LogP) is 3.53. The molecule has 0 aromatic carbocycles. The third-order valence-electron chi connectivity index (χ3n) is 6.04. The molecule has 0 amide bonds. The summed E-state index contributed by atoms with van der Waals surface area (Å²) in [6.07, 6.45) is 12.5. The largest absolute Gasteiger partial charge is 0.379 e. The molecule has 0 bridgehead atoms. The molecular weight excluding hydrogens is 314 g/mol. The first kappa shape index (κ1) is 21.1. The van der Waals surface area contributed by atoms with Gasteiger partial charge in [0.15, 0.2) is 0 Å². The summed E-state index contributed by atoms with van der Waals surface area (Å²) in [5.41, 5.74) is 0.385. The molecule has 2 unspecified atom stereocenters. The monoisotopic (exact) mass is 355 g/mol. The number of hydrazine groups is 1. The van der Waals surface area contributed by atoms with Gasteiger partial charge in [0, 0.05) is 26.3 Å². The minimum Gasteiger partial charge on any atom is -0.379 e. The van der Waals surface area contributed by atoms with Crippen LogP contribution in [0.15, 0.2) is 0 Å². The van der Waals surface area contributed by atoms with Gasteiger partial charge in [-0.1, -0.05) is 20.3 Å². The van der Waals surface area contributed by atoms with E-state index in [1.807, 2.05) is 5.01 Å². The van der Waals surface area contributed by atoms with Crippen LogP contribution in [-0.2, 0) is 9.47 Å². The molecular formula is C20H41N3O2. The van der Waals surface area contributed by atoms with Crippen LogP contribution >= 0.6 is 0 Å². The van der Waals surface area contributed by atoms with E-state index in [9.17, 15) is 0 Å². The van der Waals surface area contributed by atoms with Gasteiger partial charge in [-0.2, -0.15) is 0 Å². The smallest absolute Gasteiger partial charge is 0.121 e. The van der Waals surface area contributed by atoms with Crippen molar-refractivity contribution >= 4 is 0 Å². The minimum absolute atomic E-state index is 0.165. The second-order valence-electron chi connectivity index (χ2n) is 8.16. The normalized spacial score (nSPS) is 36.0. The summed E-state index contributed by atoms with van der Waals surface area (Å²) < 4.78 is 11.3. The summed E-state index contributed by atoms with van der Waals surface area (Å²) in [5.74, 6) is 5.90. The number of nitrogens with two attached hydrogens (primary N) is 1. The molecule has 0 aromatic rings. The molecule has 148 valence electrons. The lowest BCUT2D eigenvalue weighted by Crippen LogP contribution is -2.53. The summed E-state index contributed by atoms with van der Waals surface area (Å²) in [4.78, 5) is 2.40. The van der Waals surface area contributed by atoms with E-state index in [1.165, 1.54) is 70.8 Å². The molecule has 0 aromatic heterocycles. The zero-order valence-corrected chi connectivity index (χ0v) is 16.9. The molecule has 2 atom stereocenters. The maximum atomic E-state index is 5.90. The van der Waals surface area contributed by atoms with Crippen molar-refractivity contribution in [3.63, 3.8) is 0 Å². The van der Waals surface area contributed by atoms with E-state index in [1.54, 1.807) is 0 Å². The van der Waals surface area contributed by atoms with E-state index in [0.717, 1.165) is 26.4 Å². The van der Waals surface area contributed by atoms with Gasteiger partial charge in [0.1, 0.15) is 5.72 Å². The Morgan fingerprint density at radius 2 is 1.56 bits per heavy atom. The molecule has 5 heteroatoms. The first-order valence-corrected chi connectivity index (χ1v) is 10.5. The Balaban J connectivity index is 0.000000156. The lowest BCUT2D eigenvalue weighted by molar-refractivity contribution is -0.151. The van der Waals surface area contributed by atoms with Crippen molar-refractivity contribution in [1.82, 2.24) is 9.91 Å². The standard InChI is InChI=1S/C9H17NO.C8H16N2O.C3H8/c1-10-7-4-6-9(10)5-2-3-8-11-9;9-10-5-1-3-8(10)4-2-6-11-7-8;1-3-2/h2-8H2,1H3;1-7,9H2;3H2,1-2H3. The number of hydrogen-bond acceptors (Lipinski definition) is 5. The van der Waals surface area contributed by atoms with Crippen molar-refractivity contribution < 1.29 is 9.47 Å². The fourth-order valence-electron chi connectivity index (χ4n) is 4.54. The number of rotatable bonds is 0. The van der Waals surface area contributed by atoms with E-state index in [-0.39, 0.29) is 11.3 Å². The Hall–Kier alpha value is -0.200. The summed E-state index contributed by atoms with van der Waals surface area (Å²) in [7, 11) is 2.19. The SMILES string of the molecule is CCC.CN1CCCC12CCCCO2.NN1CCCC12CCCOC2. The van der Waals surface area contributed by atoms with Gasteiger partial charge in [0.25, 0.3) is 0 Å². The van der Waals surface area contributed by atoms with Crippen LogP contribution in [0.3, 0.4) is 0 Å². The zero-order valence-electron chi connectivity index (χ0n) is 16.9. The van der Waals surface area contributed by atoms with E-state index >= 15 is 0 Å². The third kappa shape index (κ3) is 5.39. The molecule has 25 heavy (non-hydrogen) atoms. The lowest BCUT2D eigenvalue weighted by atomic mass is 9.91. The highest BCUT2D eigenvalue weighted by Crippen LogP contribution is 2.36. The molecule has 5 nitrogen and oxygen atoms in total. The van der Waals surface area contributed by atoms with Crippen LogP contribution in [0, 0.1) is 0 Å². The molecule has 0 saturated carbocycles. The quantitative estimate of drug-likeness (QED) is 0.674. The van der Waals surface area contributed by atoms with Gasteiger partial charge in [-0.25, -0.2) is 5.01 Å². The fourth-order valence-corrected chi connectivity index (χ4v) is 4.54.